The summed E-state index contributed by atoms with van der Waals surface area (Å²) in [5.41, 5.74) is 3.52. The Hall–Kier alpha value is -5.01. The van der Waals surface area contributed by atoms with Crippen molar-refractivity contribution in [2.45, 2.75) is 102 Å². The van der Waals surface area contributed by atoms with Crippen LogP contribution in [-0.2, 0) is 32.2 Å². The van der Waals surface area contributed by atoms with Crippen molar-refractivity contribution in [3.05, 3.63) is 132 Å². The SMILES string of the molecule is C=CCOc1ccc2c(c1)[C@H]1[C@H](CCCCO)[C@@H](CCCCO)C=C3C(=NOC(C)(C)C)C[C@H](N(Cc4ccc(F)cc4)C(=O)OCCOCc4ccccc4)[C@@](OCC=C)(O2)[C@H]31. The van der Waals surface area contributed by atoms with Crippen LogP contribution < -0.4 is 9.47 Å². The van der Waals surface area contributed by atoms with Gasteiger partial charge < -0.3 is 38.7 Å². The van der Waals surface area contributed by atoms with E-state index < -0.39 is 35.3 Å². The van der Waals surface area contributed by atoms with E-state index in [9.17, 15) is 19.4 Å². The fourth-order valence-corrected chi connectivity index (χ4v) is 9.21. The summed E-state index contributed by atoms with van der Waals surface area (Å²) in [6, 6.07) is 20.8. The van der Waals surface area contributed by atoms with Crippen molar-refractivity contribution in [2.24, 2.45) is 22.9 Å². The number of rotatable bonds is 23. The standard InChI is InChI=1S/C51H65FN2O9/c1-6-27-59-40-23-24-45-43(32-40)47-41(18-12-14-26-56)38(17-11-13-25-55)31-42-44(53-63-50(3,4)5)33-46(51(62-45,48(42)47)61-28-7-2)54(34-36-19-21-39(52)22-20-36)49(57)60-30-29-58-35-37-15-9-8-10-16-37/h6-10,15-16,19-24,31-32,38,41,46-48,55-56H,1-2,11-14,17-18,25-30,33-35H2,3-5H3/t38-,41+,46-,47+,48+,51+/m0/s1. The van der Waals surface area contributed by atoms with Crippen LogP contribution in [0.4, 0.5) is 9.18 Å². The lowest BCUT2D eigenvalue weighted by atomic mass is 9.55. The summed E-state index contributed by atoms with van der Waals surface area (Å²) in [6.07, 6.45) is 9.69. The maximum absolute atomic E-state index is 14.8. The summed E-state index contributed by atoms with van der Waals surface area (Å²) >= 11 is 0. The van der Waals surface area contributed by atoms with Gasteiger partial charge in [-0.05, 0) is 105 Å². The van der Waals surface area contributed by atoms with Crippen molar-refractivity contribution in [3.8, 4) is 11.5 Å². The molecule has 0 unspecified atom stereocenters. The topological polar surface area (TPSA) is 129 Å². The molecule has 0 saturated heterocycles. The molecule has 0 aromatic heterocycles. The van der Waals surface area contributed by atoms with Crippen molar-refractivity contribution in [3.63, 3.8) is 0 Å². The van der Waals surface area contributed by atoms with Crippen molar-refractivity contribution < 1.29 is 47.9 Å². The van der Waals surface area contributed by atoms with Gasteiger partial charge in [-0.3, -0.25) is 4.90 Å². The number of nitrogens with zero attached hydrogens (tertiary/aromatic N) is 2. The van der Waals surface area contributed by atoms with E-state index in [1.165, 1.54) is 12.1 Å². The fourth-order valence-electron chi connectivity index (χ4n) is 9.21. The maximum atomic E-state index is 14.8. The van der Waals surface area contributed by atoms with Gasteiger partial charge in [0.05, 0.1) is 31.5 Å². The molecule has 63 heavy (non-hydrogen) atoms. The zero-order valence-corrected chi connectivity index (χ0v) is 37.1. The molecule has 1 amide bonds. The normalized spacial score (nSPS) is 23.1. The van der Waals surface area contributed by atoms with E-state index in [-0.39, 0.29) is 63.8 Å². The minimum absolute atomic E-state index is 0.0239. The number of unbranched alkanes of at least 4 members (excludes halogenated alkanes) is 2. The van der Waals surface area contributed by atoms with Gasteiger partial charge in [0, 0.05) is 37.7 Å². The number of aliphatic hydroxyl groups excluding tert-OH is 2. The number of hydrogen-bond acceptors (Lipinski definition) is 10. The number of ether oxygens (including phenoxy) is 5. The van der Waals surface area contributed by atoms with E-state index in [2.05, 4.69) is 19.2 Å². The Morgan fingerprint density at radius 1 is 0.937 bits per heavy atom. The number of carbonyl (C=O) groups excluding carboxylic acids is 1. The molecule has 6 rings (SSSR count). The van der Waals surface area contributed by atoms with Gasteiger partial charge in [0.2, 0.25) is 5.79 Å². The van der Waals surface area contributed by atoms with Crippen molar-refractivity contribution >= 4 is 11.8 Å². The average Bonchev–Trinajstić information content (AvgIpc) is 3.27. The first-order valence-corrected chi connectivity index (χ1v) is 22.3. The van der Waals surface area contributed by atoms with Crippen molar-refractivity contribution in [1.29, 1.82) is 0 Å². The Balaban J connectivity index is 1.53. The van der Waals surface area contributed by atoms with Gasteiger partial charge in [-0.2, -0.15) is 0 Å². The number of oxime groups is 1. The number of hydrogen-bond donors (Lipinski definition) is 2. The van der Waals surface area contributed by atoms with Crippen molar-refractivity contribution in [2.75, 3.05) is 39.6 Å². The largest absolute Gasteiger partial charge is 0.490 e. The Kier molecular flexibility index (Phi) is 17.0. The molecule has 11 nitrogen and oxygen atoms in total. The highest BCUT2D eigenvalue weighted by Crippen LogP contribution is 2.62. The van der Waals surface area contributed by atoms with Crippen molar-refractivity contribution in [1.82, 2.24) is 4.90 Å². The molecule has 3 aromatic carbocycles. The molecule has 12 heteroatoms. The monoisotopic (exact) mass is 868 g/mol. The summed E-state index contributed by atoms with van der Waals surface area (Å²) in [5, 5.41) is 24.8. The third-order valence-corrected chi connectivity index (χ3v) is 11.9. The van der Waals surface area contributed by atoms with Gasteiger partial charge in [0.1, 0.15) is 42.2 Å². The predicted molar refractivity (Wildman–Crippen MR) is 241 cm³/mol. The first-order chi connectivity index (χ1) is 30.5. The van der Waals surface area contributed by atoms with Crippen LogP contribution in [-0.4, -0.2) is 84.0 Å². The highest BCUT2D eigenvalue weighted by Gasteiger charge is 2.65. The maximum Gasteiger partial charge on any atom is 0.410 e. The molecule has 1 saturated carbocycles. The Labute approximate surface area is 372 Å². The molecular formula is C51H65FN2O9. The zero-order chi connectivity index (χ0) is 44.8. The summed E-state index contributed by atoms with van der Waals surface area (Å²) in [6.45, 7) is 14.8. The minimum atomic E-state index is -1.52. The molecule has 0 spiro atoms. The van der Waals surface area contributed by atoms with E-state index in [4.69, 9.17) is 33.7 Å². The van der Waals surface area contributed by atoms with E-state index in [0.717, 1.165) is 42.4 Å². The summed E-state index contributed by atoms with van der Waals surface area (Å²) in [7, 11) is 0. The zero-order valence-electron chi connectivity index (χ0n) is 37.1. The van der Waals surface area contributed by atoms with Gasteiger partial charge in [-0.25, -0.2) is 9.18 Å². The van der Waals surface area contributed by atoms with Gasteiger partial charge in [0.25, 0.3) is 0 Å². The first-order valence-electron chi connectivity index (χ1n) is 22.3. The van der Waals surface area contributed by atoms with Crippen LogP contribution in [0.5, 0.6) is 11.5 Å². The van der Waals surface area contributed by atoms with E-state index >= 15 is 0 Å². The molecule has 1 fully saturated rings. The number of carbonyl (C=O) groups is 1. The highest BCUT2D eigenvalue weighted by atomic mass is 19.1. The number of fused-ring (bicyclic) bond motifs is 2. The highest BCUT2D eigenvalue weighted by molar-refractivity contribution is 6.03. The van der Waals surface area contributed by atoms with E-state index in [0.29, 0.717) is 48.8 Å². The Morgan fingerprint density at radius 3 is 2.37 bits per heavy atom. The number of aliphatic hydroxyl groups is 2. The summed E-state index contributed by atoms with van der Waals surface area (Å²) in [5.74, 6) is -1.37. The molecule has 1 heterocycles. The molecular weight excluding hydrogens is 804 g/mol. The molecule has 0 radical (unpaired) electrons. The molecule has 1 aliphatic heterocycles. The van der Waals surface area contributed by atoms with Gasteiger partial charge in [-0.1, -0.05) is 85.3 Å². The lowest BCUT2D eigenvalue weighted by Crippen LogP contribution is -2.70. The number of benzene rings is 3. The fraction of sp³-hybridized carbons (Fsp3) is 0.490. The molecule has 340 valence electrons. The molecule has 3 aromatic rings. The Bertz CT molecular complexity index is 2020. The van der Waals surface area contributed by atoms with E-state index in [1.807, 2.05) is 69.3 Å². The van der Waals surface area contributed by atoms with Crippen LogP contribution >= 0.6 is 0 Å². The van der Waals surface area contributed by atoms with Crippen LogP contribution in [0.1, 0.15) is 88.3 Å². The van der Waals surface area contributed by atoms with Gasteiger partial charge in [-0.15, -0.1) is 6.58 Å². The van der Waals surface area contributed by atoms with Crippen LogP contribution in [0, 0.1) is 23.6 Å². The van der Waals surface area contributed by atoms with Crippen LogP contribution in [0.2, 0.25) is 0 Å². The molecule has 2 N–H and O–H groups in total. The smallest absolute Gasteiger partial charge is 0.410 e. The van der Waals surface area contributed by atoms with Crippen LogP contribution in [0.3, 0.4) is 0 Å². The third-order valence-electron chi connectivity index (χ3n) is 11.9. The van der Waals surface area contributed by atoms with Crippen LogP contribution in [0.25, 0.3) is 0 Å². The van der Waals surface area contributed by atoms with Gasteiger partial charge >= 0.3 is 6.09 Å². The third kappa shape index (κ3) is 12.0. The number of halogens is 1. The van der Waals surface area contributed by atoms with E-state index in [1.54, 1.807) is 29.2 Å². The molecule has 3 aliphatic rings. The van der Waals surface area contributed by atoms with Gasteiger partial charge in [0.15, 0.2) is 0 Å². The second-order valence-corrected chi connectivity index (χ2v) is 17.5. The minimum Gasteiger partial charge on any atom is -0.490 e. The molecule has 2 aliphatic carbocycles. The second-order valence-electron chi connectivity index (χ2n) is 17.5. The number of allylic oxidation sites excluding steroid dienone is 1. The summed E-state index contributed by atoms with van der Waals surface area (Å²) in [4.78, 5) is 22.7. The average molecular weight is 869 g/mol. The molecule has 6 atom stereocenters. The lowest BCUT2D eigenvalue weighted by Gasteiger charge is -2.60. The molecule has 0 bridgehead atoms. The van der Waals surface area contributed by atoms with Crippen LogP contribution in [0.15, 0.2) is 115 Å². The second kappa shape index (κ2) is 22.6. The predicted octanol–water partition coefficient (Wildman–Crippen LogP) is 9.68. The first kappa shape index (κ1) is 47.5. The Morgan fingerprint density at radius 2 is 1.67 bits per heavy atom. The number of amides is 1. The lowest BCUT2D eigenvalue weighted by molar-refractivity contribution is -0.256. The summed E-state index contributed by atoms with van der Waals surface area (Å²) < 4.78 is 46.8. The quantitative estimate of drug-likeness (QED) is 0.0544.